The lowest BCUT2D eigenvalue weighted by molar-refractivity contribution is -0.140. The second kappa shape index (κ2) is 10.3. The van der Waals surface area contributed by atoms with Crippen LogP contribution in [-0.4, -0.2) is 80.1 Å². The Kier molecular flexibility index (Phi) is 7.33. The summed E-state index contributed by atoms with van der Waals surface area (Å²) in [6, 6.07) is 0. The van der Waals surface area contributed by atoms with E-state index in [2.05, 4.69) is 20.2 Å². The molecule has 1 amide bonds. The maximum Gasteiger partial charge on any atom is 0.435 e. The summed E-state index contributed by atoms with van der Waals surface area (Å²) in [5, 5.41) is 8.34. The monoisotopic (exact) mass is 534 g/mol. The van der Waals surface area contributed by atoms with Gasteiger partial charge in [-0.2, -0.15) is 36.5 Å². The number of anilines is 1. The molecule has 17 heteroatoms. The van der Waals surface area contributed by atoms with E-state index in [1.165, 1.54) is 0 Å². The number of ether oxygens (including phenoxy) is 1. The van der Waals surface area contributed by atoms with Crippen LogP contribution in [0.2, 0.25) is 0 Å². The van der Waals surface area contributed by atoms with Gasteiger partial charge < -0.3 is 14.5 Å². The Morgan fingerprint density at radius 2 is 1.65 bits per heavy atom. The zero-order valence-electron chi connectivity index (χ0n) is 19.0. The fourth-order valence-electron chi connectivity index (χ4n) is 3.76. The van der Waals surface area contributed by atoms with Crippen LogP contribution in [0.15, 0.2) is 23.4 Å². The van der Waals surface area contributed by atoms with Crippen LogP contribution in [-0.2, 0) is 28.4 Å². The molecule has 1 N–H and O–H groups in total. The van der Waals surface area contributed by atoms with Gasteiger partial charge in [0.05, 0.1) is 43.5 Å². The second-order valence-corrected chi connectivity index (χ2v) is 8.03. The van der Waals surface area contributed by atoms with Crippen molar-refractivity contribution < 1.29 is 35.9 Å². The summed E-state index contributed by atoms with van der Waals surface area (Å²) in [5.41, 5.74) is -3.36. The number of carbonyl (C=O) groups excluding carboxylic acids is 1. The van der Waals surface area contributed by atoms with Gasteiger partial charge in [0.15, 0.2) is 5.69 Å². The van der Waals surface area contributed by atoms with Crippen molar-refractivity contribution in [3.63, 3.8) is 0 Å². The van der Waals surface area contributed by atoms with E-state index in [1.807, 2.05) is 5.10 Å². The number of halogens is 6. The number of aromatic nitrogens is 6. The van der Waals surface area contributed by atoms with Gasteiger partial charge in [-0.25, -0.2) is 15.1 Å². The Morgan fingerprint density at radius 3 is 2.27 bits per heavy atom. The highest BCUT2D eigenvalue weighted by Gasteiger charge is 2.38. The molecule has 37 heavy (non-hydrogen) atoms. The van der Waals surface area contributed by atoms with E-state index in [0.29, 0.717) is 38.6 Å². The Bertz CT molecular complexity index is 1300. The number of nitrogens with one attached hydrogen (secondary N) is 1. The molecule has 0 spiro atoms. The van der Waals surface area contributed by atoms with Gasteiger partial charge in [0.25, 0.3) is 5.56 Å². The molecule has 0 aromatic carbocycles. The first-order valence-corrected chi connectivity index (χ1v) is 11.0. The standard InChI is InChI=1S/C20H20F6N8O3/c21-19(22,23)12-9-27-18(28-10-12)33-4-2-32(3-5-33)14(35)1-7-37-8-6-34-13-11-29-30-17(36)15(13)16(31-34)20(24,25)26/h9-11H,1-8H2,(H,30,36). The lowest BCUT2D eigenvalue weighted by Crippen LogP contribution is -2.49. The van der Waals surface area contributed by atoms with E-state index in [1.54, 1.807) is 9.80 Å². The number of fused-ring (bicyclic) bond motifs is 1. The van der Waals surface area contributed by atoms with Crippen LogP contribution < -0.4 is 10.5 Å². The van der Waals surface area contributed by atoms with Crippen molar-refractivity contribution in [1.82, 2.24) is 34.8 Å². The number of hydrogen-bond acceptors (Lipinski definition) is 8. The van der Waals surface area contributed by atoms with Gasteiger partial charge in [-0.05, 0) is 0 Å². The molecule has 1 fully saturated rings. The summed E-state index contributed by atoms with van der Waals surface area (Å²) < 4.78 is 84.0. The molecule has 0 radical (unpaired) electrons. The highest BCUT2D eigenvalue weighted by Crippen LogP contribution is 2.32. The minimum atomic E-state index is -4.83. The summed E-state index contributed by atoms with van der Waals surface area (Å²) in [6.45, 7) is 1.13. The van der Waals surface area contributed by atoms with Crippen molar-refractivity contribution in [3.8, 4) is 0 Å². The molecule has 0 saturated carbocycles. The first-order valence-electron chi connectivity index (χ1n) is 11.0. The molecule has 3 aromatic heterocycles. The second-order valence-electron chi connectivity index (χ2n) is 8.03. The van der Waals surface area contributed by atoms with E-state index < -0.39 is 34.6 Å². The zero-order valence-corrected chi connectivity index (χ0v) is 19.0. The summed E-state index contributed by atoms with van der Waals surface area (Å²) in [5.74, 6) is -0.0759. The largest absolute Gasteiger partial charge is 0.435 e. The third kappa shape index (κ3) is 5.98. The number of rotatable bonds is 7. The number of nitrogens with zero attached hydrogens (tertiary/aromatic N) is 7. The molecule has 1 aliphatic heterocycles. The topological polar surface area (TPSA) is 122 Å². The fourth-order valence-corrected chi connectivity index (χ4v) is 3.76. The molecule has 0 aliphatic carbocycles. The molecule has 1 saturated heterocycles. The average molecular weight is 534 g/mol. The Balaban J connectivity index is 1.23. The van der Waals surface area contributed by atoms with Crippen molar-refractivity contribution in [2.24, 2.45) is 0 Å². The van der Waals surface area contributed by atoms with Crippen molar-refractivity contribution in [2.45, 2.75) is 25.3 Å². The quantitative estimate of drug-likeness (QED) is 0.359. The van der Waals surface area contributed by atoms with Crippen molar-refractivity contribution in [3.05, 3.63) is 40.2 Å². The van der Waals surface area contributed by atoms with E-state index >= 15 is 0 Å². The molecule has 0 bridgehead atoms. The molecule has 11 nitrogen and oxygen atoms in total. The third-order valence-corrected chi connectivity index (χ3v) is 5.63. The van der Waals surface area contributed by atoms with Crippen LogP contribution in [0, 0.1) is 0 Å². The highest BCUT2D eigenvalue weighted by atomic mass is 19.4. The molecule has 200 valence electrons. The number of aromatic amines is 1. The summed E-state index contributed by atoms with van der Waals surface area (Å²) in [4.78, 5) is 35.0. The third-order valence-electron chi connectivity index (χ3n) is 5.63. The predicted molar refractivity (Wildman–Crippen MR) is 114 cm³/mol. The van der Waals surface area contributed by atoms with Crippen molar-refractivity contribution in [2.75, 3.05) is 44.3 Å². The molecular weight excluding hydrogens is 514 g/mol. The minimum absolute atomic E-state index is 0.00518. The normalized spacial score (nSPS) is 15.0. The lowest BCUT2D eigenvalue weighted by Gasteiger charge is -2.34. The zero-order chi connectivity index (χ0) is 26.8. The van der Waals surface area contributed by atoms with Gasteiger partial charge in [0, 0.05) is 38.6 Å². The van der Waals surface area contributed by atoms with Gasteiger partial charge >= 0.3 is 12.4 Å². The summed E-state index contributed by atoms with van der Waals surface area (Å²) in [6.07, 6.45) is -6.85. The van der Waals surface area contributed by atoms with Crippen LogP contribution >= 0.6 is 0 Å². The lowest BCUT2D eigenvalue weighted by atomic mass is 10.2. The van der Waals surface area contributed by atoms with Crippen LogP contribution in [0.5, 0.6) is 0 Å². The van der Waals surface area contributed by atoms with Crippen LogP contribution in [0.4, 0.5) is 32.3 Å². The first kappa shape index (κ1) is 26.3. The number of hydrogen-bond donors (Lipinski definition) is 1. The molecule has 4 heterocycles. The van der Waals surface area contributed by atoms with E-state index in [0.717, 1.165) is 10.9 Å². The SMILES string of the molecule is O=C(CCOCCn1nc(C(F)(F)F)c2c(=O)[nH]ncc21)N1CCN(c2ncc(C(F)(F)F)cn2)CC1. The van der Waals surface area contributed by atoms with E-state index in [-0.39, 0.29) is 43.6 Å². The summed E-state index contributed by atoms with van der Waals surface area (Å²) in [7, 11) is 0. The van der Waals surface area contributed by atoms with E-state index in [9.17, 15) is 35.9 Å². The highest BCUT2D eigenvalue weighted by molar-refractivity contribution is 5.80. The molecule has 4 rings (SSSR count). The number of carbonyl (C=O) groups is 1. The molecule has 1 aliphatic rings. The minimum Gasteiger partial charge on any atom is -0.379 e. The smallest absolute Gasteiger partial charge is 0.379 e. The van der Waals surface area contributed by atoms with E-state index in [4.69, 9.17) is 4.74 Å². The molecular formula is C20H20F6N8O3. The van der Waals surface area contributed by atoms with Crippen LogP contribution in [0.3, 0.4) is 0 Å². The molecule has 0 atom stereocenters. The van der Waals surface area contributed by atoms with Gasteiger partial charge in [0.1, 0.15) is 5.39 Å². The molecule has 3 aromatic rings. The maximum atomic E-state index is 13.2. The van der Waals surface area contributed by atoms with Crippen LogP contribution in [0.25, 0.3) is 10.9 Å². The Hall–Kier alpha value is -3.76. The first-order chi connectivity index (χ1) is 17.4. The number of amides is 1. The average Bonchev–Trinajstić information content (AvgIpc) is 3.24. The predicted octanol–water partition coefficient (Wildman–Crippen LogP) is 1.70. The van der Waals surface area contributed by atoms with Gasteiger partial charge in [-0.3, -0.25) is 14.3 Å². The molecule has 0 unspecified atom stereocenters. The Morgan fingerprint density at radius 1 is 0.973 bits per heavy atom. The van der Waals surface area contributed by atoms with Crippen LogP contribution in [0.1, 0.15) is 17.7 Å². The van der Waals surface area contributed by atoms with Gasteiger partial charge in [0.2, 0.25) is 11.9 Å². The van der Waals surface area contributed by atoms with Gasteiger partial charge in [-0.1, -0.05) is 0 Å². The van der Waals surface area contributed by atoms with Crippen molar-refractivity contribution >= 4 is 22.8 Å². The number of piperazine rings is 1. The van der Waals surface area contributed by atoms with Crippen molar-refractivity contribution in [1.29, 1.82) is 0 Å². The number of alkyl halides is 6. The Labute approximate surface area is 204 Å². The maximum absolute atomic E-state index is 13.2. The fraction of sp³-hybridized carbons (Fsp3) is 0.500. The number of H-pyrrole nitrogens is 1. The van der Waals surface area contributed by atoms with Gasteiger partial charge in [-0.15, -0.1) is 0 Å². The summed E-state index contributed by atoms with van der Waals surface area (Å²) >= 11 is 0.